The van der Waals surface area contributed by atoms with Crippen LogP contribution in [0.4, 0.5) is 4.79 Å². The van der Waals surface area contributed by atoms with Gasteiger partial charge in [0.1, 0.15) is 12.6 Å². The van der Waals surface area contributed by atoms with Gasteiger partial charge in [0.05, 0.1) is 23.4 Å². The van der Waals surface area contributed by atoms with Gasteiger partial charge in [0.2, 0.25) is 17.5 Å². The van der Waals surface area contributed by atoms with Crippen molar-refractivity contribution >= 4 is 29.5 Å². The molecule has 4 atom stereocenters. The quantitative estimate of drug-likeness (QED) is 0.235. The molecule has 33 heavy (non-hydrogen) atoms. The van der Waals surface area contributed by atoms with Crippen molar-refractivity contribution in [3.05, 3.63) is 22.5 Å². The van der Waals surface area contributed by atoms with Crippen LogP contribution in [0.1, 0.15) is 32.6 Å². The molecule has 0 unspecified atom stereocenters. The number of hydrogen-bond acceptors (Lipinski definition) is 9. The van der Waals surface area contributed by atoms with Crippen LogP contribution in [0.2, 0.25) is 0 Å². The highest BCUT2D eigenvalue weighted by atomic mass is 16.6. The number of nitrogens with two attached hydrogens (primary N) is 2. The molecule has 2 amide bonds. The second-order valence-corrected chi connectivity index (χ2v) is 8.62. The molecule has 4 rings (SSSR count). The summed E-state index contributed by atoms with van der Waals surface area (Å²) in [5.41, 5.74) is 9.99. The first-order valence-corrected chi connectivity index (χ1v) is 10.7. The number of nitrogens with zero attached hydrogens (tertiary/aromatic N) is 2. The Hall–Kier alpha value is -3.41. The predicted octanol–water partition coefficient (Wildman–Crippen LogP) is -0.767. The zero-order chi connectivity index (χ0) is 24.2. The van der Waals surface area contributed by atoms with Crippen molar-refractivity contribution in [2.24, 2.45) is 17.4 Å². The van der Waals surface area contributed by atoms with Crippen molar-refractivity contribution < 1.29 is 38.6 Å². The van der Waals surface area contributed by atoms with E-state index in [0.29, 0.717) is 12.8 Å². The number of methoxy groups -OCH3 is 1. The highest BCUT2D eigenvalue weighted by molar-refractivity contribution is 6.25. The monoisotopic (exact) mass is 462 g/mol. The number of piperazine rings is 1. The van der Waals surface area contributed by atoms with Gasteiger partial charge in [0.15, 0.2) is 5.72 Å². The van der Waals surface area contributed by atoms with E-state index in [1.165, 1.54) is 14.0 Å². The van der Waals surface area contributed by atoms with E-state index in [0.717, 1.165) is 0 Å². The fourth-order valence-corrected chi connectivity index (χ4v) is 5.50. The van der Waals surface area contributed by atoms with Gasteiger partial charge in [-0.1, -0.05) is 0 Å². The molecule has 0 aromatic rings. The molecule has 3 aliphatic heterocycles. The summed E-state index contributed by atoms with van der Waals surface area (Å²) in [5, 5.41) is 8.77. The number of fused-ring (bicyclic) bond motifs is 4. The van der Waals surface area contributed by atoms with Gasteiger partial charge in [0.25, 0.3) is 0 Å². The number of allylic oxidation sites excluding steroid dienone is 2. The van der Waals surface area contributed by atoms with Gasteiger partial charge in [-0.3, -0.25) is 19.2 Å². The molecule has 12 heteroatoms. The number of hydrogen-bond donors (Lipinski definition) is 3. The van der Waals surface area contributed by atoms with Crippen LogP contribution in [0.25, 0.3) is 0 Å². The van der Waals surface area contributed by atoms with E-state index in [1.54, 1.807) is 9.80 Å². The van der Waals surface area contributed by atoms with Crippen molar-refractivity contribution in [1.29, 1.82) is 0 Å². The highest BCUT2D eigenvalue weighted by Crippen LogP contribution is 2.59. The molecule has 0 spiro atoms. The van der Waals surface area contributed by atoms with Gasteiger partial charge < -0.3 is 35.8 Å². The number of amides is 2. The average molecular weight is 462 g/mol. The van der Waals surface area contributed by atoms with Crippen LogP contribution in [-0.4, -0.2) is 82.5 Å². The summed E-state index contributed by atoms with van der Waals surface area (Å²) in [4.78, 5) is 64.4. The van der Waals surface area contributed by atoms with E-state index in [4.69, 9.17) is 26.0 Å². The van der Waals surface area contributed by atoms with E-state index >= 15 is 0 Å². The molecule has 2 saturated heterocycles. The zero-order valence-electron chi connectivity index (χ0n) is 18.3. The number of rotatable bonds is 8. The van der Waals surface area contributed by atoms with E-state index in [-0.39, 0.29) is 60.5 Å². The predicted molar refractivity (Wildman–Crippen MR) is 110 cm³/mol. The number of carbonyl (C=O) groups excluding carboxylic acids is 4. The van der Waals surface area contributed by atoms with Crippen molar-refractivity contribution in [2.75, 3.05) is 20.3 Å². The van der Waals surface area contributed by atoms with Crippen LogP contribution in [-0.2, 0) is 28.7 Å². The Kier molecular flexibility index (Phi) is 5.43. The van der Waals surface area contributed by atoms with Crippen LogP contribution in [0.3, 0.4) is 0 Å². The fourth-order valence-electron chi connectivity index (χ4n) is 5.50. The zero-order valence-corrected chi connectivity index (χ0v) is 18.3. The molecule has 178 valence electrons. The highest BCUT2D eigenvalue weighted by Gasteiger charge is 2.77. The lowest BCUT2D eigenvalue weighted by Gasteiger charge is -2.41. The number of primary amides is 1. The average Bonchev–Trinajstić information content (AvgIpc) is 3.27. The molecule has 0 radical (unpaired) electrons. The molecule has 0 saturated carbocycles. The summed E-state index contributed by atoms with van der Waals surface area (Å²) in [5.74, 6) is -2.91. The first-order chi connectivity index (χ1) is 15.6. The van der Waals surface area contributed by atoms with Crippen molar-refractivity contribution in [1.82, 2.24) is 9.80 Å². The van der Waals surface area contributed by atoms with Crippen LogP contribution in [0.5, 0.6) is 0 Å². The number of aliphatic carboxylic acids is 1. The summed E-state index contributed by atoms with van der Waals surface area (Å²) in [6, 6.07) is -0.739. The number of Topliss-reactive ketones (excluding diaryl/α,β-unsaturated/α-hetero) is 2. The second-order valence-electron chi connectivity index (χ2n) is 8.62. The Morgan fingerprint density at radius 1 is 1.18 bits per heavy atom. The third-order valence-electron chi connectivity index (χ3n) is 7.01. The molecule has 4 aliphatic rings. The Labute approximate surface area is 189 Å². The van der Waals surface area contributed by atoms with Gasteiger partial charge in [-0.2, -0.15) is 0 Å². The van der Waals surface area contributed by atoms with Gasteiger partial charge >= 0.3 is 12.1 Å². The van der Waals surface area contributed by atoms with Gasteiger partial charge in [-0.25, -0.2) is 4.79 Å². The van der Waals surface area contributed by atoms with E-state index in [1.807, 2.05) is 0 Å². The molecule has 5 N–H and O–H groups in total. The molecule has 3 heterocycles. The minimum atomic E-state index is -1.29. The van der Waals surface area contributed by atoms with Crippen molar-refractivity contribution in [2.45, 2.75) is 50.4 Å². The Morgan fingerprint density at radius 3 is 2.45 bits per heavy atom. The molecule has 0 bridgehead atoms. The Morgan fingerprint density at radius 2 is 1.85 bits per heavy atom. The molecule has 0 aromatic carbocycles. The molecule has 12 nitrogen and oxygen atoms in total. The number of ketones is 2. The summed E-state index contributed by atoms with van der Waals surface area (Å²) in [6.07, 6.45) is -0.0974. The third-order valence-corrected chi connectivity index (χ3v) is 7.01. The van der Waals surface area contributed by atoms with Crippen LogP contribution < -0.4 is 11.5 Å². The standard InChI is InChI=1S/C21H26N4O8/c1-9-15(22)18(30)14-10(8-33-20(23)31)21(32-2)19-11(7-24(21)16(14)17(9)29)25(19)12(26)5-3-4-6-13(27)28/h10-11,19H,3-8,22H2,1-2H3,(H2,23,31)(H,27,28)/t10-,11+,19+,21-,25?/m1/s1. The normalized spacial score (nSPS) is 29.8. The lowest BCUT2D eigenvalue weighted by molar-refractivity contribution is -0.153. The van der Waals surface area contributed by atoms with Crippen LogP contribution >= 0.6 is 0 Å². The first-order valence-electron chi connectivity index (χ1n) is 10.7. The van der Waals surface area contributed by atoms with Crippen LogP contribution in [0.15, 0.2) is 22.5 Å². The molecule has 1 aliphatic carbocycles. The Balaban J connectivity index is 1.63. The molecular weight excluding hydrogens is 436 g/mol. The number of carboxylic acid groups (broad SMARTS) is 1. The first kappa shape index (κ1) is 22.8. The summed E-state index contributed by atoms with van der Waals surface area (Å²) in [7, 11) is 1.41. The van der Waals surface area contributed by atoms with E-state index < -0.39 is 41.3 Å². The topological polar surface area (TPSA) is 182 Å². The fraction of sp³-hybridized carbons (Fsp3) is 0.571. The second kappa shape index (κ2) is 7.87. The lowest BCUT2D eigenvalue weighted by Crippen LogP contribution is -2.56. The smallest absolute Gasteiger partial charge is 0.404 e. The van der Waals surface area contributed by atoms with Gasteiger partial charge in [-0.05, 0) is 19.8 Å². The summed E-state index contributed by atoms with van der Waals surface area (Å²) >= 11 is 0. The maximum atomic E-state index is 13.1. The number of carboxylic acids is 1. The summed E-state index contributed by atoms with van der Waals surface area (Å²) < 4.78 is 11.0. The number of ether oxygens (including phenoxy) is 2. The van der Waals surface area contributed by atoms with Crippen molar-refractivity contribution in [3.8, 4) is 0 Å². The molecule has 2 fully saturated rings. The van der Waals surface area contributed by atoms with Crippen molar-refractivity contribution in [3.63, 3.8) is 0 Å². The Bertz CT molecular complexity index is 1030. The van der Waals surface area contributed by atoms with Crippen LogP contribution in [0, 0.1) is 5.92 Å². The maximum absolute atomic E-state index is 13.1. The van der Waals surface area contributed by atoms with E-state index in [9.17, 15) is 24.0 Å². The minimum Gasteiger partial charge on any atom is -0.481 e. The number of unbranched alkanes of at least 4 members (excludes halogenated alkanes) is 1. The maximum Gasteiger partial charge on any atom is 0.404 e. The SMILES string of the molecule is CO[C@@]12[C@H](COC(N)=O)C3=C(C(=O)C(C)=C(N)C3=O)N1C[C@H]1[C@@H]2N1C(=O)CCCCC(=O)O. The number of carbonyl (C=O) groups is 5. The van der Waals surface area contributed by atoms with Gasteiger partial charge in [0, 0.05) is 37.6 Å². The van der Waals surface area contributed by atoms with Gasteiger partial charge in [-0.15, -0.1) is 0 Å². The molecular formula is C21H26N4O8. The summed E-state index contributed by atoms with van der Waals surface area (Å²) in [6.45, 7) is 1.41. The van der Waals surface area contributed by atoms with E-state index in [2.05, 4.69) is 0 Å². The third kappa shape index (κ3) is 3.19. The largest absolute Gasteiger partial charge is 0.481 e. The molecule has 0 aromatic heterocycles. The lowest BCUT2D eigenvalue weighted by atomic mass is 9.82. The minimum absolute atomic E-state index is 0.0168.